The number of likely N-dealkylation sites (N-methyl/N-ethyl adjacent to an activating group) is 1. The molecule has 0 aromatic heterocycles. The molecule has 0 saturated carbocycles. The molecular weight excluding hydrogens is 326 g/mol. The summed E-state index contributed by atoms with van der Waals surface area (Å²) in [6.07, 6.45) is 4.52. The van der Waals surface area contributed by atoms with E-state index in [1.165, 1.54) is 18.4 Å². The average molecular weight is 363 g/mol. The number of aryl methyl sites for hydroxylation is 3. The lowest BCUT2D eigenvalue weighted by Crippen LogP contribution is -3.11. The van der Waals surface area contributed by atoms with Gasteiger partial charge in [-0.25, -0.2) is 0 Å². The average Bonchev–Trinajstić information content (AvgIpc) is 2.50. The Kier molecular flexibility index (Phi) is 9.35. The minimum atomic E-state index is -0.0682. The first-order valence-electron chi connectivity index (χ1n) is 9.71. The van der Waals surface area contributed by atoms with E-state index < -0.39 is 0 Å². The zero-order valence-corrected chi connectivity index (χ0v) is 17.3. The second-order valence-electron chi connectivity index (χ2n) is 7.60. The molecule has 0 spiro atoms. The minimum absolute atomic E-state index is 0.00185. The van der Waals surface area contributed by atoms with Crippen LogP contribution in [-0.2, 0) is 9.59 Å². The van der Waals surface area contributed by atoms with Gasteiger partial charge in [-0.05, 0) is 45.2 Å². The zero-order valence-electron chi connectivity index (χ0n) is 17.3. The lowest BCUT2D eigenvalue weighted by Gasteiger charge is -2.18. The lowest BCUT2D eigenvalue weighted by atomic mass is 10.1. The van der Waals surface area contributed by atoms with Crippen molar-refractivity contribution in [1.82, 2.24) is 5.32 Å². The number of amides is 2. The molecule has 0 heterocycles. The van der Waals surface area contributed by atoms with Crippen molar-refractivity contribution < 1.29 is 14.5 Å². The van der Waals surface area contributed by atoms with Gasteiger partial charge in [0.1, 0.15) is 0 Å². The van der Waals surface area contributed by atoms with Crippen LogP contribution in [0.3, 0.4) is 0 Å². The fourth-order valence-electron chi connectivity index (χ4n) is 3.27. The van der Waals surface area contributed by atoms with Crippen molar-refractivity contribution in [3.05, 3.63) is 28.8 Å². The van der Waals surface area contributed by atoms with Crippen LogP contribution in [0, 0.1) is 20.8 Å². The Balaban J connectivity index is 2.44. The van der Waals surface area contributed by atoms with E-state index in [1.807, 2.05) is 34.7 Å². The van der Waals surface area contributed by atoms with Gasteiger partial charge in [0.25, 0.3) is 11.8 Å². The smallest absolute Gasteiger partial charge is 0.279 e. The van der Waals surface area contributed by atoms with Crippen molar-refractivity contribution in [3.8, 4) is 0 Å². The van der Waals surface area contributed by atoms with Crippen LogP contribution in [-0.4, -0.2) is 38.0 Å². The van der Waals surface area contributed by atoms with Crippen LogP contribution in [0.2, 0.25) is 0 Å². The summed E-state index contributed by atoms with van der Waals surface area (Å²) in [6.45, 7) is 10.8. The van der Waals surface area contributed by atoms with Crippen molar-refractivity contribution in [2.45, 2.75) is 66.3 Å². The predicted octanol–water partition coefficient (Wildman–Crippen LogP) is 2.15. The highest BCUT2D eigenvalue weighted by Gasteiger charge is 2.17. The van der Waals surface area contributed by atoms with E-state index in [4.69, 9.17) is 0 Å². The molecule has 5 heteroatoms. The standard InChI is InChI=1S/C21H35N3O2/c1-7-8-9-10-18(5)22-19(25)13-24(6)14-20(26)23-21-16(3)11-15(2)12-17(21)4/h11-12,18H,7-10,13-14H2,1-6H3,(H,22,25)(H,23,26)/p+1/t18-/m1/s1. The number of rotatable bonds is 10. The molecule has 0 aliphatic rings. The van der Waals surface area contributed by atoms with Crippen LogP contribution in [0.1, 0.15) is 56.2 Å². The monoisotopic (exact) mass is 362 g/mol. The van der Waals surface area contributed by atoms with Crippen molar-refractivity contribution in [1.29, 1.82) is 0 Å². The fourth-order valence-corrected chi connectivity index (χ4v) is 3.27. The topological polar surface area (TPSA) is 62.6 Å². The van der Waals surface area contributed by atoms with Gasteiger partial charge in [0.15, 0.2) is 13.1 Å². The van der Waals surface area contributed by atoms with Crippen molar-refractivity contribution in [3.63, 3.8) is 0 Å². The van der Waals surface area contributed by atoms with Crippen LogP contribution in [0.5, 0.6) is 0 Å². The first-order chi connectivity index (χ1) is 12.2. The van der Waals surface area contributed by atoms with Gasteiger partial charge in [-0.1, -0.05) is 43.9 Å². The third-order valence-corrected chi connectivity index (χ3v) is 4.51. The van der Waals surface area contributed by atoms with Gasteiger partial charge in [-0.3, -0.25) is 9.59 Å². The number of unbranched alkanes of at least 4 members (excludes halogenated alkanes) is 2. The summed E-state index contributed by atoms with van der Waals surface area (Å²) in [6, 6.07) is 4.31. The summed E-state index contributed by atoms with van der Waals surface area (Å²) in [5.41, 5.74) is 4.19. The highest BCUT2D eigenvalue weighted by Crippen LogP contribution is 2.21. The molecule has 146 valence electrons. The van der Waals surface area contributed by atoms with Gasteiger partial charge in [-0.2, -0.15) is 0 Å². The van der Waals surface area contributed by atoms with E-state index >= 15 is 0 Å². The number of nitrogens with one attached hydrogen (secondary N) is 3. The third-order valence-electron chi connectivity index (χ3n) is 4.51. The molecule has 0 bridgehead atoms. The van der Waals surface area contributed by atoms with E-state index in [-0.39, 0.29) is 24.4 Å². The van der Waals surface area contributed by atoms with Crippen LogP contribution in [0.15, 0.2) is 12.1 Å². The summed E-state index contributed by atoms with van der Waals surface area (Å²) < 4.78 is 0. The quantitative estimate of drug-likeness (QED) is 0.559. The van der Waals surface area contributed by atoms with E-state index in [2.05, 4.69) is 29.7 Å². The SMILES string of the molecule is CCCCC[C@@H](C)NC(=O)C[NH+](C)CC(=O)Nc1c(C)cc(C)cc1C. The molecule has 1 unspecified atom stereocenters. The van der Waals surface area contributed by atoms with Crippen molar-refractivity contribution in [2.75, 3.05) is 25.5 Å². The van der Waals surface area contributed by atoms with E-state index in [0.717, 1.165) is 34.6 Å². The van der Waals surface area contributed by atoms with Gasteiger partial charge in [-0.15, -0.1) is 0 Å². The fraction of sp³-hybridized carbons (Fsp3) is 0.619. The Bertz CT molecular complexity index is 590. The summed E-state index contributed by atoms with van der Waals surface area (Å²) in [5.74, 6) is -0.0663. The molecular formula is C21H36N3O2+. The first kappa shape index (κ1) is 22.2. The molecule has 0 fully saturated rings. The summed E-state index contributed by atoms with van der Waals surface area (Å²) in [7, 11) is 1.87. The van der Waals surface area contributed by atoms with Gasteiger partial charge in [0.2, 0.25) is 0 Å². The third kappa shape index (κ3) is 8.00. The largest absolute Gasteiger partial charge is 0.349 e. The van der Waals surface area contributed by atoms with E-state index in [9.17, 15) is 9.59 Å². The molecule has 5 nitrogen and oxygen atoms in total. The lowest BCUT2D eigenvalue weighted by molar-refractivity contribution is -0.862. The maximum Gasteiger partial charge on any atom is 0.279 e. The molecule has 3 N–H and O–H groups in total. The highest BCUT2D eigenvalue weighted by atomic mass is 16.2. The molecule has 2 amide bonds. The molecule has 2 atom stereocenters. The number of carbonyl (C=O) groups is 2. The Hall–Kier alpha value is -1.88. The maximum absolute atomic E-state index is 12.3. The molecule has 0 aliphatic heterocycles. The summed E-state index contributed by atoms with van der Waals surface area (Å²) in [4.78, 5) is 25.3. The molecule has 1 aromatic carbocycles. The Morgan fingerprint density at radius 2 is 1.62 bits per heavy atom. The number of hydrogen-bond donors (Lipinski definition) is 3. The second-order valence-corrected chi connectivity index (χ2v) is 7.60. The Labute approximate surface area is 158 Å². The highest BCUT2D eigenvalue weighted by molar-refractivity contribution is 5.93. The van der Waals surface area contributed by atoms with Gasteiger partial charge in [0, 0.05) is 11.7 Å². The van der Waals surface area contributed by atoms with Crippen molar-refractivity contribution in [2.24, 2.45) is 0 Å². The van der Waals surface area contributed by atoms with Gasteiger partial charge >= 0.3 is 0 Å². The molecule has 1 aromatic rings. The number of anilines is 1. The number of benzene rings is 1. The molecule has 0 aliphatic carbocycles. The van der Waals surface area contributed by atoms with Crippen LogP contribution >= 0.6 is 0 Å². The Morgan fingerprint density at radius 3 is 2.19 bits per heavy atom. The summed E-state index contributed by atoms with van der Waals surface area (Å²) >= 11 is 0. The first-order valence-corrected chi connectivity index (χ1v) is 9.71. The van der Waals surface area contributed by atoms with E-state index in [1.54, 1.807) is 0 Å². The minimum Gasteiger partial charge on any atom is -0.349 e. The van der Waals surface area contributed by atoms with E-state index in [0.29, 0.717) is 6.54 Å². The van der Waals surface area contributed by atoms with Crippen LogP contribution < -0.4 is 15.5 Å². The number of hydrogen-bond acceptors (Lipinski definition) is 2. The molecule has 0 radical (unpaired) electrons. The van der Waals surface area contributed by atoms with Gasteiger partial charge in [0.05, 0.1) is 7.05 Å². The van der Waals surface area contributed by atoms with Gasteiger partial charge < -0.3 is 15.5 Å². The maximum atomic E-state index is 12.3. The Morgan fingerprint density at radius 1 is 1.04 bits per heavy atom. The van der Waals surface area contributed by atoms with Crippen molar-refractivity contribution >= 4 is 17.5 Å². The molecule has 0 saturated heterocycles. The zero-order chi connectivity index (χ0) is 19.7. The second kappa shape index (κ2) is 11.0. The molecule has 26 heavy (non-hydrogen) atoms. The van der Waals surface area contributed by atoms with Crippen LogP contribution in [0.25, 0.3) is 0 Å². The number of quaternary nitrogens is 1. The van der Waals surface area contributed by atoms with Crippen LogP contribution in [0.4, 0.5) is 5.69 Å². The molecule has 1 rings (SSSR count). The summed E-state index contributed by atoms with van der Waals surface area (Å²) in [5, 5.41) is 6.02. The normalized spacial score (nSPS) is 13.2. The predicted molar refractivity (Wildman–Crippen MR) is 108 cm³/mol. The number of carbonyl (C=O) groups excluding carboxylic acids is 2.